The molecule has 4 rings (SSSR count). The van der Waals surface area contributed by atoms with Crippen LogP contribution in [0.5, 0.6) is 11.5 Å². The molecule has 11 heteroatoms. The number of para-hydroxylation sites is 2. The summed E-state index contributed by atoms with van der Waals surface area (Å²) in [5, 5.41) is 3.55. The molecule has 1 N–H and O–H groups in total. The molecule has 0 spiro atoms. The van der Waals surface area contributed by atoms with E-state index in [1.807, 2.05) is 6.92 Å². The van der Waals surface area contributed by atoms with Crippen molar-refractivity contribution >= 4 is 39.1 Å². The zero-order valence-corrected chi connectivity index (χ0v) is 26.2. The van der Waals surface area contributed by atoms with E-state index in [1.54, 1.807) is 60.7 Å². The third-order valence-corrected chi connectivity index (χ3v) is 9.81. The first-order chi connectivity index (χ1) is 20.7. The fourth-order valence-corrected chi connectivity index (χ4v) is 6.94. The monoisotopic (exact) mass is 627 g/mol. The van der Waals surface area contributed by atoms with Crippen molar-refractivity contribution in [3.05, 3.63) is 83.4 Å². The van der Waals surface area contributed by atoms with Crippen molar-refractivity contribution in [2.75, 3.05) is 25.1 Å². The highest BCUT2D eigenvalue weighted by Crippen LogP contribution is 2.33. The number of hydrogen-bond acceptors (Lipinski definition) is 6. The van der Waals surface area contributed by atoms with E-state index in [0.717, 1.165) is 30.0 Å². The molecule has 230 valence electrons. The molecule has 0 aliphatic heterocycles. The van der Waals surface area contributed by atoms with Gasteiger partial charge < -0.3 is 19.7 Å². The Bertz CT molecular complexity index is 1510. The zero-order valence-electron chi connectivity index (χ0n) is 24.7. The fraction of sp³-hybridized carbons (Fsp3) is 0.375. The fourth-order valence-electron chi connectivity index (χ4n) is 5.32. The Morgan fingerprint density at radius 2 is 1.60 bits per heavy atom. The topological polar surface area (TPSA) is 105 Å². The van der Waals surface area contributed by atoms with Crippen LogP contribution in [-0.2, 0) is 26.2 Å². The zero-order chi connectivity index (χ0) is 31.0. The SMILES string of the molecule is CC[C@H](C(=O)NC1CCCC1)N(Cc1ccccc1Cl)C(=O)CN(c1ccccc1OC)S(=O)(=O)c1ccc(OC)cc1. The predicted molar refractivity (Wildman–Crippen MR) is 167 cm³/mol. The molecule has 1 saturated carbocycles. The van der Waals surface area contributed by atoms with Crippen LogP contribution in [0, 0.1) is 0 Å². The predicted octanol–water partition coefficient (Wildman–Crippen LogP) is 5.42. The first-order valence-corrected chi connectivity index (χ1v) is 16.1. The average Bonchev–Trinajstić information content (AvgIpc) is 3.53. The molecule has 0 radical (unpaired) electrons. The first-order valence-electron chi connectivity index (χ1n) is 14.3. The Kier molecular flexibility index (Phi) is 10.9. The molecule has 3 aromatic carbocycles. The van der Waals surface area contributed by atoms with E-state index < -0.39 is 28.5 Å². The van der Waals surface area contributed by atoms with Crippen molar-refractivity contribution in [2.24, 2.45) is 0 Å². The third kappa shape index (κ3) is 7.61. The standard InChI is InChI=1S/C32H38ClN3O6S/c1-4-28(32(38)34-24-12-6-7-13-24)35(21-23-11-5-8-14-27(23)33)31(37)22-36(29-15-9-10-16-30(29)42-3)43(39,40)26-19-17-25(41-2)18-20-26/h5,8-11,14-20,24,28H,4,6-7,12-13,21-22H2,1-3H3,(H,34,38)/t28-/m1/s1. The van der Waals surface area contributed by atoms with Gasteiger partial charge in [0.1, 0.15) is 24.1 Å². The molecule has 0 bridgehead atoms. The minimum atomic E-state index is -4.27. The summed E-state index contributed by atoms with van der Waals surface area (Å²) in [6.45, 7) is 1.28. The average molecular weight is 628 g/mol. The summed E-state index contributed by atoms with van der Waals surface area (Å²) in [4.78, 5) is 29.3. The smallest absolute Gasteiger partial charge is 0.264 e. The number of rotatable bonds is 13. The highest BCUT2D eigenvalue weighted by Gasteiger charge is 2.35. The number of halogens is 1. The largest absolute Gasteiger partial charge is 0.497 e. The van der Waals surface area contributed by atoms with Crippen LogP contribution in [0.25, 0.3) is 0 Å². The van der Waals surface area contributed by atoms with Gasteiger partial charge in [-0.2, -0.15) is 0 Å². The highest BCUT2D eigenvalue weighted by molar-refractivity contribution is 7.92. The number of sulfonamides is 1. The van der Waals surface area contributed by atoms with Crippen molar-refractivity contribution in [2.45, 2.75) is 62.6 Å². The Morgan fingerprint density at radius 3 is 2.23 bits per heavy atom. The number of nitrogens with one attached hydrogen (secondary N) is 1. The van der Waals surface area contributed by atoms with E-state index in [4.69, 9.17) is 21.1 Å². The number of hydrogen-bond donors (Lipinski definition) is 1. The number of nitrogens with zero attached hydrogens (tertiary/aromatic N) is 2. The summed E-state index contributed by atoms with van der Waals surface area (Å²) in [5.41, 5.74) is 0.835. The molecule has 0 aromatic heterocycles. The minimum absolute atomic E-state index is 0.0252. The molecule has 1 aliphatic carbocycles. The molecule has 0 unspecified atom stereocenters. The van der Waals surface area contributed by atoms with Gasteiger partial charge in [-0.15, -0.1) is 0 Å². The Hall–Kier alpha value is -3.76. The summed E-state index contributed by atoms with van der Waals surface area (Å²) in [6.07, 6.45) is 4.20. The molecule has 1 fully saturated rings. The molecule has 1 aliphatic rings. The first kappa shape index (κ1) is 32.2. The van der Waals surface area contributed by atoms with Crippen LogP contribution in [0.15, 0.2) is 77.7 Å². The lowest BCUT2D eigenvalue weighted by Gasteiger charge is -2.34. The van der Waals surface area contributed by atoms with E-state index in [2.05, 4.69) is 5.32 Å². The van der Waals surface area contributed by atoms with Crippen LogP contribution in [0.1, 0.15) is 44.6 Å². The summed E-state index contributed by atoms with van der Waals surface area (Å²) < 4.78 is 40.0. The second-order valence-electron chi connectivity index (χ2n) is 10.4. The number of anilines is 1. The highest BCUT2D eigenvalue weighted by atomic mass is 35.5. The van der Waals surface area contributed by atoms with Gasteiger partial charge in [0, 0.05) is 17.6 Å². The quantitative estimate of drug-likeness (QED) is 0.271. The number of ether oxygens (including phenoxy) is 2. The Labute approximate surface area is 258 Å². The van der Waals surface area contributed by atoms with Crippen LogP contribution < -0.4 is 19.1 Å². The summed E-state index contributed by atoms with van der Waals surface area (Å²) in [5.74, 6) is -0.0621. The lowest BCUT2D eigenvalue weighted by Crippen LogP contribution is -2.53. The number of carbonyl (C=O) groups excluding carboxylic acids is 2. The van der Waals surface area contributed by atoms with Crippen LogP contribution in [-0.4, -0.2) is 58.0 Å². The van der Waals surface area contributed by atoms with E-state index >= 15 is 0 Å². The van der Waals surface area contributed by atoms with Crippen molar-refractivity contribution < 1.29 is 27.5 Å². The van der Waals surface area contributed by atoms with E-state index in [-0.39, 0.29) is 34.8 Å². The lowest BCUT2D eigenvalue weighted by molar-refractivity contribution is -0.140. The molecule has 1 atom stereocenters. The van der Waals surface area contributed by atoms with Gasteiger partial charge in [0.25, 0.3) is 10.0 Å². The van der Waals surface area contributed by atoms with Crippen molar-refractivity contribution in [1.82, 2.24) is 10.2 Å². The van der Waals surface area contributed by atoms with Gasteiger partial charge in [-0.3, -0.25) is 13.9 Å². The number of benzene rings is 3. The minimum Gasteiger partial charge on any atom is -0.497 e. The van der Waals surface area contributed by atoms with Crippen LogP contribution in [0.4, 0.5) is 5.69 Å². The van der Waals surface area contributed by atoms with Crippen molar-refractivity contribution in [3.63, 3.8) is 0 Å². The second-order valence-corrected chi connectivity index (χ2v) is 12.7. The molecule has 43 heavy (non-hydrogen) atoms. The molecule has 3 aromatic rings. The third-order valence-electron chi connectivity index (χ3n) is 7.67. The molecule has 0 saturated heterocycles. The van der Waals surface area contributed by atoms with Crippen molar-refractivity contribution in [3.8, 4) is 11.5 Å². The van der Waals surface area contributed by atoms with Gasteiger partial charge >= 0.3 is 0 Å². The van der Waals surface area contributed by atoms with Crippen LogP contribution in [0.3, 0.4) is 0 Å². The second kappa shape index (κ2) is 14.6. The lowest BCUT2D eigenvalue weighted by atomic mass is 10.1. The van der Waals surface area contributed by atoms with Gasteiger partial charge in [-0.25, -0.2) is 8.42 Å². The molecule has 2 amide bonds. The number of carbonyl (C=O) groups is 2. The summed E-state index contributed by atoms with van der Waals surface area (Å²) in [7, 11) is -1.35. The summed E-state index contributed by atoms with van der Waals surface area (Å²) in [6, 6.07) is 18.8. The maximum Gasteiger partial charge on any atom is 0.264 e. The van der Waals surface area contributed by atoms with Crippen molar-refractivity contribution in [1.29, 1.82) is 0 Å². The summed E-state index contributed by atoms with van der Waals surface area (Å²) >= 11 is 6.48. The van der Waals surface area contributed by atoms with E-state index in [0.29, 0.717) is 22.8 Å². The maximum atomic E-state index is 14.3. The Balaban J connectivity index is 1.75. The van der Waals surface area contributed by atoms with Crippen LogP contribution in [0.2, 0.25) is 5.02 Å². The van der Waals surface area contributed by atoms with Gasteiger partial charge in [0.2, 0.25) is 11.8 Å². The van der Waals surface area contributed by atoms with E-state index in [9.17, 15) is 18.0 Å². The van der Waals surface area contributed by atoms with E-state index in [1.165, 1.54) is 31.3 Å². The number of methoxy groups -OCH3 is 2. The molecular formula is C32H38ClN3O6S. The maximum absolute atomic E-state index is 14.3. The molecular weight excluding hydrogens is 590 g/mol. The van der Waals surface area contributed by atoms with Gasteiger partial charge in [0.05, 0.1) is 24.8 Å². The molecule has 9 nitrogen and oxygen atoms in total. The van der Waals surface area contributed by atoms with Gasteiger partial charge in [-0.1, -0.05) is 61.7 Å². The normalized spacial score (nSPS) is 14.1. The Morgan fingerprint density at radius 1 is 0.953 bits per heavy atom. The van der Waals surface area contributed by atoms with Gasteiger partial charge in [-0.05, 0) is 67.3 Å². The number of amides is 2. The van der Waals surface area contributed by atoms with Crippen LogP contribution >= 0.6 is 11.6 Å². The molecule has 0 heterocycles. The van der Waals surface area contributed by atoms with Gasteiger partial charge in [0.15, 0.2) is 0 Å².